The highest BCUT2D eigenvalue weighted by molar-refractivity contribution is 5.92. The fourth-order valence-corrected chi connectivity index (χ4v) is 12.3. The van der Waals surface area contributed by atoms with Crippen LogP contribution in [0.5, 0.6) is 34.5 Å². The van der Waals surface area contributed by atoms with E-state index in [2.05, 4.69) is 29.4 Å². The molecule has 2 aromatic heterocycles. The molecule has 1 fully saturated rings. The van der Waals surface area contributed by atoms with Crippen molar-refractivity contribution >= 4 is 28.1 Å². The van der Waals surface area contributed by atoms with Crippen molar-refractivity contribution in [2.75, 3.05) is 18.5 Å². The first-order valence-electron chi connectivity index (χ1n) is 24.7. The molecule has 7 N–H and O–H groups in total. The maximum Gasteiger partial charge on any atom is 0.200 e. The maximum atomic E-state index is 16.1. The van der Waals surface area contributed by atoms with Gasteiger partial charge < -0.3 is 50.4 Å². The van der Waals surface area contributed by atoms with E-state index in [1.54, 1.807) is 36.7 Å². The lowest BCUT2D eigenvalue weighted by atomic mass is 9.58. The summed E-state index contributed by atoms with van der Waals surface area (Å²) >= 11 is 0. The second kappa shape index (κ2) is 19.5. The van der Waals surface area contributed by atoms with Crippen LogP contribution in [0.25, 0.3) is 10.8 Å². The number of anilines is 2. The molecule has 0 radical (unpaired) electrons. The molecule has 12 heteroatoms. The number of aryl methyl sites for hydroxylation is 2. The zero-order valence-corrected chi connectivity index (χ0v) is 39.1. The van der Waals surface area contributed by atoms with E-state index in [4.69, 9.17) is 14.5 Å². The standard InChI is InChI=1S/C57H62N3O9/c1-33-5-2-6-34(25-33)32-69-52-29-38(28-51(66)55(52)67)36-9-14-44-42-15-13-41(61)26-37(42)10-16-46(44)60-53-30-39(20-23-59-53)57(21-19-47(62)45(57)31-40-7-3-22-58-40)54(50(65)27-36)48(63)17-11-35-12-18-49(64)56-43(35)8-4-24-68-56/h2-3,6-7,10,12-13,15-16,18,20,22-23,26,28-30,33-34,36,45,47-48,54,61-64,66-67H,4-5,8-9,11,14,17,19,21,24-25,27,31-32H2,1H3,(H,59,60)/q-1/t33-,34+,36+,45+,47-,48+,54-,57+/m0/s1. The lowest BCUT2D eigenvalue weighted by Crippen LogP contribution is -2.51. The SMILES string of the molecule is C[C@H]1CC=C[C@@H](COc2cc([C@@H]3CCc4c(ccc5cc(O)ccc45)Nc4cc(ccn4)[C@@]4(CC[C@H](O)[C@H]4Cc4ccc[n-]4)[C@@H]([C@H](O)CCc4ccc(O)c5c4CCCO5)C(=O)C3)cc(O)c2O)C1. The average Bonchev–Trinajstić information content (AvgIpc) is 3.99. The van der Waals surface area contributed by atoms with Gasteiger partial charge in [0.15, 0.2) is 23.0 Å². The molecule has 10 rings (SSSR count). The predicted molar refractivity (Wildman–Crippen MR) is 264 cm³/mol. The molecule has 0 saturated heterocycles. The van der Waals surface area contributed by atoms with Crippen molar-refractivity contribution in [2.24, 2.45) is 23.7 Å². The number of phenolic OH excluding ortho intramolecular Hbond substituents is 4. The van der Waals surface area contributed by atoms with E-state index in [1.807, 2.05) is 48.5 Å². The number of aliphatic hydroxyl groups is 2. The molecule has 12 nitrogen and oxygen atoms in total. The third-order valence-corrected chi connectivity index (χ3v) is 15.7. The van der Waals surface area contributed by atoms with Gasteiger partial charge in [0.2, 0.25) is 5.75 Å². The number of aromatic hydroxyl groups is 4. The molecular weight excluding hydrogens is 871 g/mol. The van der Waals surface area contributed by atoms with Gasteiger partial charge in [0.05, 0.1) is 31.3 Å². The number of rotatable bonds is 10. The van der Waals surface area contributed by atoms with Crippen LogP contribution in [0.2, 0.25) is 0 Å². The molecule has 4 aromatic carbocycles. The Morgan fingerprint density at radius 3 is 2.70 bits per heavy atom. The largest absolute Gasteiger partial charge is 0.668 e. The van der Waals surface area contributed by atoms with Crippen LogP contribution in [0.4, 0.5) is 11.5 Å². The van der Waals surface area contributed by atoms with Crippen molar-refractivity contribution in [3.63, 3.8) is 0 Å². The Kier molecular flexibility index (Phi) is 13.1. The summed E-state index contributed by atoms with van der Waals surface area (Å²) in [7, 11) is 0. The molecule has 0 unspecified atom stereocenters. The number of nitrogens with zero attached hydrogens (tertiary/aromatic N) is 2. The number of pyridine rings is 1. The second-order valence-corrected chi connectivity index (χ2v) is 20.1. The van der Waals surface area contributed by atoms with Crippen LogP contribution >= 0.6 is 0 Å². The third-order valence-electron chi connectivity index (χ3n) is 15.7. The molecule has 69 heavy (non-hydrogen) atoms. The number of benzene rings is 4. The monoisotopic (exact) mass is 932 g/mol. The van der Waals surface area contributed by atoms with Crippen LogP contribution in [0.15, 0.2) is 103 Å². The van der Waals surface area contributed by atoms with E-state index in [1.165, 1.54) is 6.07 Å². The van der Waals surface area contributed by atoms with Crippen LogP contribution in [0.3, 0.4) is 0 Å². The Morgan fingerprint density at radius 2 is 1.86 bits per heavy atom. The van der Waals surface area contributed by atoms with Gasteiger partial charge in [0.1, 0.15) is 17.4 Å². The number of nitrogens with one attached hydrogen (secondary N) is 1. The normalized spacial score (nSPS) is 25.1. The van der Waals surface area contributed by atoms with E-state index in [9.17, 15) is 30.6 Å². The first kappa shape index (κ1) is 46.2. The summed E-state index contributed by atoms with van der Waals surface area (Å²) in [5, 5.41) is 74.5. The van der Waals surface area contributed by atoms with Gasteiger partial charge in [-0.3, -0.25) is 4.79 Å². The number of fused-ring (bicyclic) bond motifs is 7. The van der Waals surface area contributed by atoms with Crippen LogP contribution in [0.1, 0.15) is 97.7 Å². The molecule has 6 aromatic rings. The summed E-state index contributed by atoms with van der Waals surface area (Å²) in [5.74, 6) is -1.02. The molecule has 1 spiro atoms. The second-order valence-electron chi connectivity index (χ2n) is 20.1. The topological polar surface area (TPSA) is 196 Å². The Labute approximate surface area is 402 Å². The number of carbonyl (C=O) groups excluding carboxylic acids is 1. The minimum atomic E-state index is -1.19. The average molecular weight is 933 g/mol. The van der Waals surface area contributed by atoms with Gasteiger partial charge in [-0.25, -0.2) is 4.98 Å². The minimum Gasteiger partial charge on any atom is -0.668 e. The highest BCUT2D eigenvalue weighted by Gasteiger charge is 2.57. The van der Waals surface area contributed by atoms with Crippen LogP contribution in [-0.4, -0.2) is 66.8 Å². The fourth-order valence-electron chi connectivity index (χ4n) is 12.3. The Balaban J connectivity index is 1.12. The van der Waals surface area contributed by atoms with Crippen molar-refractivity contribution in [3.8, 4) is 34.5 Å². The Morgan fingerprint density at radius 1 is 0.971 bits per heavy atom. The number of allylic oxidation sites excluding steroid dienone is 1. The van der Waals surface area contributed by atoms with Crippen molar-refractivity contribution in [2.45, 2.75) is 108 Å². The van der Waals surface area contributed by atoms with Crippen LogP contribution < -0.4 is 19.8 Å². The van der Waals surface area contributed by atoms with Crippen molar-refractivity contribution in [3.05, 3.63) is 137 Å². The number of phenols is 4. The summed E-state index contributed by atoms with van der Waals surface area (Å²) in [6.45, 7) is 3.01. The fraction of sp³-hybridized carbons (Fsp3) is 0.404. The zero-order valence-electron chi connectivity index (χ0n) is 39.1. The van der Waals surface area contributed by atoms with Gasteiger partial charge in [0, 0.05) is 35.2 Å². The number of ketones is 1. The first-order chi connectivity index (χ1) is 33.4. The number of aromatic nitrogens is 2. The number of Topliss-reactive ketones (excluding diaryl/α,β-unsaturated/α-hetero) is 1. The van der Waals surface area contributed by atoms with E-state index in [-0.39, 0.29) is 53.3 Å². The maximum absolute atomic E-state index is 16.1. The summed E-state index contributed by atoms with van der Waals surface area (Å²) in [6, 6.07) is 23.7. The summed E-state index contributed by atoms with van der Waals surface area (Å²) in [5.41, 5.74) is 4.65. The van der Waals surface area contributed by atoms with Crippen LogP contribution in [0, 0.1) is 23.7 Å². The lowest BCUT2D eigenvalue weighted by molar-refractivity contribution is -0.132. The van der Waals surface area contributed by atoms with Gasteiger partial charge in [-0.1, -0.05) is 49.4 Å². The molecule has 360 valence electrons. The number of aliphatic hydroxyl groups excluding tert-OH is 2. The molecule has 2 aliphatic heterocycles. The number of ether oxygens (including phenoxy) is 2. The molecule has 2 bridgehead atoms. The van der Waals surface area contributed by atoms with E-state index < -0.39 is 35.4 Å². The third kappa shape index (κ3) is 9.24. The molecule has 4 aliphatic rings. The van der Waals surface area contributed by atoms with Gasteiger partial charge in [-0.15, -0.1) is 0 Å². The Hall–Kier alpha value is -6.50. The minimum absolute atomic E-state index is 0.0395. The smallest absolute Gasteiger partial charge is 0.200 e. The highest BCUT2D eigenvalue weighted by atomic mass is 16.5. The summed E-state index contributed by atoms with van der Waals surface area (Å²) < 4.78 is 12.2. The van der Waals surface area contributed by atoms with Gasteiger partial charge in [-0.2, -0.15) is 11.9 Å². The molecule has 2 aliphatic carbocycles. The van der Waals surface area contributed by atoms with Gasteiger partial charge in [0.25, 0.3) is 0 Å². The summed E-state index contributed by atoms with van der Waals surface area (Å²) in [6.07, 6.45) is 11.8. The number of hydrogen-bond acceptors (Lipinski definition) is 11. The zero-order chi connectivity index (χ0) is 47.8. The van der Waals surface area contributed by atoms with Crippen LogP contribution in [-0.2, 0) is 35.9 Å². The number of hydrogen-bond donors (Lipinski definition) is 7. The van der Waals surface area contributed by atoms with Crippen molar-refractivity contribution in [1.29, 1.82) is 0 Å². The lowest BCUT2D eigenvalue weighted by Gasteiger charge is -2.46. The highest BCUT2D eigenvalue weighted by Crippen LogP contribution is 2.55. The molecule has 1 saturated carbocycles. The molecule has 8 atom stereocenters. The van der Waals surface area contributed by atoms with E-state index in [0.29, 0.717) is 74.8 Å². The molecule has 0 amide bonds. The summed E-state index contributed by atoms with van der Waals surface area (Å²) in [4.78, 5) is 25.6. The quantitative estimate of drug-likeness (QED) is 0.0509. The molecule has 4 heterocycles. The van der Waals surface area contributed by atoms with Crippen molar-refractivity contribution in [1.82, 2.24) is 9.97 Å². The first-order valence-corrected chi connectivity index (χ1v) is 24.7. The van der Waals surface area contributed by atoms with Gasteiger partial charge >= 0.3 is 0 Å². The van der Waals surface area contributed by atoms with Gasteiger partial charge in [-0.05, 0) is 170 Å². The van der Waals surface area contributed by atoms with E-state index in [0.717, 1.165) is 70.1 Å². The number of carbonyl (C=O) groups is 1. The Bertz CT molecular complexity index is 2860. The molecular formula is C57H62N3O9-. The van der Waals surface area contributed by atoms with E-state index >= 15 is 4.79 Å². The van der Waals surface area contributed by atoms with Crippen molar-refractivity contribution < 1.29 is 44.9 Å². The predicted octanol–water partition coefficient (Wildman–Crippen LogP) is 9.61.